The molecule has 0 aromatic carbocycles. The Morgan fingerprint density at radius 1 is 1.62 bits per heavy atom. The van der Waals surface area contributed by atoms with Gasteiger partial charge in [0.15, 0.2) is 0 Å². The number of nitrogens with two attached hydrogens (primary N) is 1. The van der Waals surface area contributed by atoms with E-state index < -0.39 is 6.04 Å². The fourth-order valence-corrected chi connectivity index (χ4v) is 1.81. The van der Waals surface area contributed by atoms with Crippen LogP contribution in [0.3, 0.4) is 0 Å². The molecular weight excluding hydrogens is 206 g/mol. The second kappa shape index (κ2) is 5.84. The number of amides is 2. The van der Waals surface area contributed by atoms with Gasteiger partial charge in [0.2, 0.25) is 11.8 Å². The first-order valence-electron chi connectivity index (χ1n) is 5.88. The molecule has 16 heavy (non-hydrogen) atoms. The largest absolute Gasteiger partial charge is 0.351 e. The van der Waals surface area contributed by atoms with E-state index in [1.54, 1.807) is 4.90 Å². The number of hydrogen-bond donors (Lipinski definition) is 2. The highest BCUT2D eigenvalue weighted by atomic mass is 16.2. The lowest BCUT2D eigenvalue weighted by atomic mass is 10.2. The van der Waals surface area contributed by atoms with Gasteiger partial charge in [-0.25, -0.2) is 0 Å². The quantitative estimate of drug-likeness (QED) is 0.686. The third kappa shape index (κ3) is 3.48. The van der Waals surface area contributed by atoms with Crippen LogP contribution in [0.1, 0.15) is 33.1 Å². The third-order valence-corrected chi connectivity index (χ3v) is 2.83. The fourth-order valence-electron chi connectivity index (χ4n) is 1.81. The minimum atomic E-state index is -0.447. The Kier molecular flexibility index (Phi) is 4.73. The van der Waals surface area contributed by atoms with E-state index in [2.05, 4.69) is 5.32 Å². The second-order valence-corrected chi connectivity index (χ2v) is 4.37. The molecule has 1 aliphatic heterocycles. The molecule has 1 aliphatic rings. The molecule has 0 bridgehead atoms. The van der Waals surface area contributed by atoms with Crippen molar-refractivity contribution in [1.82, 2.24) is 10.2 Å². The Labute approximate surface area is 96.4 Å². The van der Waals surface area contributed by atoms with E-state index in [0.29, 0.717) is 19.4 Å². The molecule has 92 valence electrons. The van der Waals surface area contributed by atoms with E-state index in [9.17, 15) is 9.59 Å². The van der Waals surface area contributed by atoms with Crippen molar-refractivity contribution in [3.05, 3.63) is 0 Å². The summed E-state index contributed by atoms with van der Waals surface area (Å²) in [5, 5.41) is 2.82. The first kappa shape index (κ1) is 13.0. The molecule has 0 saturated carbocycles. The molecule has 0 aromatic rings. The van der Waals surface area contributed by atoms with Crippen molar-refractivity contribution < 1.29 is 9.59 Å². The van der Waals surface area contributed by atoms with Gasteiger partial charge >= 0.3 is 0 Å². The van der Waals surface area contributed by atoms with Gasteiger partial charge in [-0.05, 0) is 19.8 Å². The van der Waals surface area contributed by atoms with E-state index in [1.165, 1.54) is 0 Å². The zero-order chi connectivity index (χ0) is 12.1. The van der Waals surface area contributed by atoms with Gasteiger partial charge in [0.1, 0.15) is 0 Å². The lowest BCUT2D eigenvalue weighted by molar-refractivity contribution is -0.129. The van der Waals surface area contributed by atoms with Crippen LogP contribution in [0, 0.1) is 0 Å². The average Bonchev–Trinajstić information content (AvgIpc) is 2.63. The Hall–Kier alpha value is -1.10. The van der Waals surface area contributed by atoms with Gasteiger partial charge in [0.25, 0.3) is 0 Å². The minimum absolute atomic E-state index is 0.0350. The van der Waals surface area contributed by atoms with E-state index in [1.807, 2.05) is 13.8 Å². The SMILES string of the molecule is CCC(N)C(=O)NC(C)CN1CCCC1=O. The average molecular weight is 227 g/mol. The summed E-state index contributed by atoms with van der Waals surface area (Å²) >= 11 is 0. The standard InChI is InChI=1S/C11H21N3O2/c1-3-9(12)11(16)13-8(2)7-14-6-4-5-10(14)15/h8-9H,3-7,12H2,1-2H3,(H,13,16). The van der Waals surface area contributed by atoms with E-state index in [4.69, 9.17) is 5.73 Å². The molecule has 5 heteroatoms. The van der Waals surface area contributed by atoms with Crippen molar-refractivity contribution in [3.63, 3.8) is 0 Å². The molecule has 1 fully saturated rings. The summed E-state index contributed by atoms with van der Waals surface area (Å²) < 4.78 is 0. The highest BCUT2D eigenvalue weighted by molar-refractivity contribution is 5.82. The molecule has 2 unspecified atom stereocenters. The fraction of sp³-hybridized carbons (Fsp3) is 0.818. The first-order valence-corrected chi connectivity index (χ1v) is 5.88. The molecule has 0 spiro atoms. The predicted octanol–water partition coefficient (Wildman–Crippen LogP) is -0.149. The number of carbonyl (C=O) groups is 2. The van der Waals surface area contributed by atoms with E-state index >= 15 is 0 Å². The Morgan fingerprint density at radius 2 is 2.31 bits per heavy atom. The van der Waals surface area contributed by atoms with E-state index in [-0.39, 0.29) is 17.9 Å². The van der Waals surface area contributed by atoms with Gasteiger partial charge in [-0.2, -0.15) is 0 Å². The van der Waals surface area contributed by atoms with Crippen molar-refractivity contribution in [2.24, 2.45) is 5.73 Å². The lowest BCUT2D eigenvalue weighted by Gasteiger charge is -2.22. The third-order valence-electron chi connectivity index (χ3n) is 2.83. The van der Waals surface area contributed by atoms with E-state index in [0.717, 1.165) is 13.0 Å². The van der Waals surface area contributed by atoms with Crippen LogP contribution in [0.5, 0.6) is 0 Å². The first-order chi connectivity index (χ1) is 7.54. The maximum Gasteiger partial charge on any atom is 0.237 e. The van der Waals surface area contributed by atoms with Crippen molar-refractivity contribution in [2.45, 2.75) is 45.2 Å². The molecule has 0 aliphatic carbocycles. The summed E-state index contributed by atoms with van der Waals surface area (Å²) in [4.78, 5) is 24.7. The molecule has 1 rings (SSSR count). The van der Waals surface area contributed by atoms with Crippen LogP contribution >= 0.6 is 0 Å². The Bertz CT molecular complexity index is 268. The van der Waals surface area contributed by atoms with Crippen molar-refractivity contribution in [1.29, 1.82) is 0 Å². The molecule has 3 N–H and O–H groups in total. The van der Waals surface area contributed by atoms with Gasteiger partial charge in [-0.3, -0.25) is 9.59 Å². The number of nitrogens with one attached hydrogen (secondary N) is 1. The van der Waals surface area contributed by atoms with Crippen LogP contribution in [-0.2, 0) is 9.59 Å². The summed E-state index contributed by atoms with van der Waals surface area (Å²) in [6, 6.07) is -0.483. The summed E-state index contributed by atoms with van der Waals surface area (Å²) in [7, 11) is 0. The van der Waals surface area contributed by atoms with Gasteiger partial charge in [-0.1, -0.05) is 6.92 Å². The molecule has 1 saturated heterocycles. The number of nitrogens with zero attached hydrogens (tertiary/aromatic N) is 1. The number of rotatable bonds is 5. The Morgan fingerprint density at radius 3 is 2.81 bits per heavy atom. The zero-order valence-electron chi connectivity index (χ0n) is 10.0. The molecule has 2 atom stereocenters. The monoisotopic (exact) mass is 227 g/mol. The molecule has 1 heterocycles. The number of likely N-dealkylation sites (tertiary alicyclic amines) is 1. The summed E-state index contributed by atoms with van der Waals surface area (Å²) in [5.41, 5.74) is 5.61. The summed E-state index contributed by atoms with van der Waals surface area (Å²) in [6.45, 7) is 5.16. The summed E-state index contributed by atoms with van der Waals surface area (Å²) in [6.07, 6.45) is 2.18. The molecule has 0 radical (unpaired) electrons. The highest BCUT2D eigenvalue weighted by Crippen LogP contribution is 2.09. The minimum Gasteiger partial charge on any atom is -0.351 e. The smallest absolute Gasteiger partial charge is 0.237 e. The van der Waals surface area contributed by atoms with Gasteiger partial charge < -0.3 is 16.0 Å². The number of hydrogen-bond acceptors (Lipinski definition) is 3. The molecular formula is C11H21N3O2. The van der Waals surface area contributed by atoms with Crippen LogP contribution in [0.4, 0.5) is 0 Å². The lowest BCUT2D eigenvalue weighted by Crippen LogP contribution is -2.48. The van der Waals surface area contributed by atoms with Gasteiger partial charge in [0, 0.05) is 25.6 Å². The highest BCUT2D eigenvalue weighted by Gasteiger charge is 2.23. The van der Waals surface area contributed by atoms with Gasteiger partial charge in [-0.15, -0.1) is 0 Å². The van der Waals surface area contributed by atoms with Crippen molar-refractivity contribution >= 4 is 11.8 Å². The molecule has 5 nitrogen and oxygen atoms in total. The second-order valence-electron chi connectivity index (χ2n) is 4.37. The normalized spacial score (nSPS) is 19.7. The van der Waals surface area contributed by atoms with Crippen LogP contribution in [0.2, 0.25) is 0 Å². The van der Waals surface area contributed by atoms with Crippen LogP contribution in [0.25, 0.3) is 0 Å². The van der Waals surface area contributed by atoms with Crippen LogP contribution in [-0.4, -0.2) is 41.9 Å². The number of carbonyl (C=O) groups excluding carboxylic acids is 2. The van der Waals surface area contributed by atoms with Crippen molar-refractivity contribution in [2.75, 3.05) is 13.1 Å². The maximum atomic E-state index is 11.5. The zero-order valence-corrected chi connectivity index (χ0v) is 10.0. The van der Waals surface area contributed by atoms with Crippen LogP contribution in [0.15, 0.2) is 0 Å². The Balaban J connectivity index is 2.32. The topological polar surface area (TPSA) is 75.4 Å². The van der Waals surface area contributed by atoms with Crippen LogP contribution < -0.4 is 11.1 Å². The van der Waals surface area contributed by atoms with Crippen molar-refractivity contribution in [3.8, 4) is 0 Å². The maximum absolute atomic E-state index is 11.5. The molecule has 0 aromatic heterocycles. The molecule has 2 amide bonds. The predicted molar refractivity (Wildman–Crippen MR) is 61.7 cm³/mol. The summed E-state index contributed by atoms with van der Waals surface area (Å²) in [5.74, 6) is 0.0440. The van der Waals surface area contributed by atoms with Gasteiger partial charge in [0.05, 0.1) is 6.04 Å².